The van der Waals surface area contributed by atoms with Crippen LogP contribution >= 0.6 is 0 Å². The highest BCUT2D eigenvalue weighted by atomic mass is 16.5. The van der Waals surface area contributed by atoms with Crippen LogP contribution in [0.5, 0.6) is 5.88 Å². The van der Waals surface area contributed by atoms with Crippen LogP contribution in [0, 0.1) is 6.92 Å². The molecule has 0 radical (unpaired) electrons. The number of aromatic nitrogens is 2. The predicted octanol–water partition coefficient (Wildman–Crippen LogP) is 3.58. The van der Waals surface area contributed by atoms with E-state index in [4.69, 9.17) is 10.5 Å². The Balaban J connectivity index is 2.04. The molecular formula is C17H21N3O. The molecule has 1 aromatic carbocycles. The van der Waals surface area contributed by atoms with Gasteiger partial charge in [0.1, 0.15) is 18.2 Å². The summed E-state index contributed by atoms with van der Waals surface area (Å²) in [6, 6.07) is 10.1. The van der Waals surface area contributed by atoms with E-state index in [-0.39, 0.29) is 5.92 Å². The molecule has 4 heteroatoms. The van der Waals surface area contributed by atoms with E-state index in [0.29, 0.717) is 24.1 Å². The molecule has 0 spiro atoms. The normalized spacial score (nSPS) is 11.2. The van der Waals surface area contributed by atoms with E-state index in [0.717, 1.165) is 11.1 Å². The summed E-state index contributed by atoms with van der Waals surface area (Å²) in [6.07, 6.45) is 3.98. The monoisotopic (exact) mass is 283 g/mol. The first kappa shape index (κ1) is 15.0. The van der Waals surface area contributed by atoms with Crippen molar-refractivity contribution < 1.29 is 4.74 Å². The van der Waals surface area contributed by atoms with Crippen molar-refractivity contribution in [1.29, 1.82) is 0 Å². The highest BCUT2D eigenvalue weighted by Gasteiger charge is 2.11. The maximum absolute atomic E-state index is 5.91. The Morgan fingerprint density at radius 3 is 2.57 bits per heavy atom. The van der Waals surface area contributed by atoms with Crippen LogP contribution in [0.2, 0.25) is 0 Å². The largest absolute Gasteiger partial charge is 0.473 e. The predicted molar refractivity (Wildman–Crippen MR) is 86.2 cm³/mol. The van der Waals surface area contributed by atoms with Crippen LogP contribution in [0.4, 0.5) is 5.82 Å². The molecule has 0 saturated carbocycles. The highest BCUT2D eigenvalue weighted by Crippen LogP contribution is 2.22. The number of hydrogen-bond acceptors (Lipinski definition) is 4. The number of nitrogen functional groups attached to an aromatic ring is 1. The molecule has 0 saturated heterocycles. The molecule has 0 aliphatic rings. The molecule has 0 fully saturated rings. The van der Waals surface area contributed by atoms with Gasteiger partial charge in [0.05, 0.1) is 5.56 Å². The number of nitrogens with two attached hydrogens (primary N) is 1. The van der Waals surface area contributed by atoms with Crippen molar-refractivity contribution in [2.24, 2.45) is 0 Å². The average Bonchev–Trinajstić information content (AvgIpc) is 2.48. The molecule has 2 N–H and O–H groups in total. The lowest BCUT2D eigenvalue weighted by molar-refractivity contribution is 0.343. The molecule has 1 heterocycles. The highest BCUT2D eigenvalue weighted by molar-refractivity contribution is 5.49. The number of hydrogen-bond donors (Lipinski definition) is 1. The fourth-order valence-electron chi connectivity index (χ4n) is 1.80. The first-order valence-corrected chi connectivity index (χ1v) is 7.06. The molecule has 0 aliphatic heterocycles. The molecule has 0 aliphatic carbocycles. The smallest absolute Gasteiger partial charge is 0.222 e. The topological polar surface area (TPSA) is 61.0 Å². The van der Waals surface area contributed by atoms with Gasteiger partial charge in [-0.1, -0.05) is 50.3 Å². The van der Waals surface area contributed by atoms with Crippen molar-refractivity contribution in [3.8, 4) is 5.88 Å². The zero-order valence-electron chi connectivity index (χ0n) is 12.7. The number of ether oxygens (including phenoxy) is 1. The van der Waals surface area contributed by atoms with Crippen LogP contribution in [-0.4, -0.2) is 16.6 Å². The summed E-state index contributed by atoms with van der Waals surface area (Å²) < 4.78 is 5.71. The maximum atomic E-state index is 5.91. The summed E-state index contributed by atoms with van der Waals surface area (Å²) in [5.41, 5.74) is 7.83. The Kier molecular flexibility index (Phi) is 4.93. The summed E-state index contributed by atoms with van der Waals surface area (Å²) in [4.78, 5) is 8.71. The molecule has 2 aromatic rings. The van der Waals surface area contributed by atoms with Crippen molar-refractivity contribution in [1.82, 2.24) is 9.97 Å². The number of benzene rings is 1. The standard InChI is InChI=1S/C17H21N3O/c1-12(2)16-19-15(18)13(3)17(20-16)21-11-7-10-14-8-5-4-6-9-14/h4-10,12H,11H2,1-3H3,(H2,18,19,20)/b10-7+. The Hall–Kier alpha value is -2.36. The third-order valence-corrected chi connectivity index (χ3v) is 3.10. The Morgan fingerprint density at radius 1 is 1.19 bits per heavy atom. The van der Waals surface area contributed by atoms with Gasteiger partial charge in [0.2, 0.25) is 5.88 Å². The maximum Gasteiger partial charge on any atom is 0.222 e. The lowest BCUT2D eigenvalue weighted by atomic mass is 10.2. The van der Waals surface area contributed by atoms with Gasteiger partial charge >= 0.3 is 0 Å². The quantitative estimate of drug-likeness (QED) is 0.911. The Bertz CT molecular complexity index is 621. The van der Waals surface area contributed by atoms with Crippen molar-refractivity contribution in [2.45, 2.75) is 26.7 Å². The zero-order chi connectivity index (χ0) is 15.2. The van der Waals surface area contributed by atoms with Gasteiger partial charge in [0, 0.05) is 5.92 Å². The molecule has 0 amide bonds. The lowest BCUT2D eigenvalue weighted by Crippen LogP contribution is -2.08. The lowest BCUT2D eigenvalue weighted by Gasteiger charge is -2.11. The minimum absolute atomic E-state index is 0.218. The number of nitrogens with zero attached hydrogens (tertiary/aromatic N) is 2. The third-order valence-electron chi connectivity index (χ3n) is 3.10. The molecule has 2 rings (SSSR count). The van der Waals surface area contributed by atoms with E-state index >= 15 is 0 Å². The van der Waals surface area contributed by atoms with Gasteiger partial charge < -0.3 is 10.5 Å². The molecular weight excluding hydrogens is 262 g/mol. The summed E-state index contributed by atoms with van der Waals surface area (Å²) in [7, 11) is 0. The van der Waals surface area contributed by atoms with E-state index in [1.807, 2.05) is 63.3 Å². The summed E-state index contributed by atoms with van der Waals surface area (Å²) in [5.74, 6) is 1.97. The molecule has 21 heavy (non-hydrogen) atoms. The van der Waals surface area contributed by atoms with Crippen molar-refractivity contribution in [2.75, 3.05) is 12.3 Å². The Labute approximate surface area is 125 Å². The van der Waals surface area contributed by atoms with E-state index in [2.05, 4.69) is 9.97 Å². The SMILES string of the molecule is Cc1c(N)nc(C(C)C)nc1OC/C=C/c1ccccc1. The van der Waals surface area contributed by atoms with Crippen LogP contribution < -0.4 is 10.5 Å². The van der Waals surface area contributed by atoms with Crippen molar-refractivity contribution in [3.05, 3.63) is 53.4 Å². The number of rotatable bonds is 5. The molecule has 0 atom stereocenters. The first-order valence-electron chi connectivity index (χ1n) is 7.06. The summed E-state index contributed by atoms with van der Waals surface area (Å²) in [6.45, 7) is 6.38. The fourth-order valence-corrected chi connectivity index (χ4v) is 1.80. The van der Waals surface area contributed by atoms with E-state index in [1.165, 1.54) is 0 Å². The number of anilines is 1. The minimum atomic E-state index is 0.218. The van der Waals surface area contributed by atoms with Crippen molar-refractivity contribution in [3.63, 3.8) is 0 Å². The Morgan fingerprint density at radius 2 is 1.90 bits per heavy atom. The van der Waals surface area contributed by atoms with E-state index in [9.17, 15) is 0 Å². The van der Waals surface area contributed by atoms with Gasteiger partial charge in [0.25, 0.3) is 0 Å². The average molecular weight is 283 g/mol. The molecule has 1 aromatic heterocycles. The van der Waals surface area contributed by atoms with Gasteiger partial charge in [-0.05, 0) is 18.6 Å². The van der Waals surface area contributed by atoms with Crippen LogP contribution in [0.15, 0.2) is 36.4 Å². The fraction of sp³-hybridized carbons (Fsp3) is 0.294. The van der Waals surface area contributed by atoms with Crippen molar-refractivity contribution >= 4 is 11.9 Å². The van der Waals surface area contributed by atoms with Gasteiger partial charge in [-0.2, -0.15) is 4.98 Å². The van der Waals surface area contributed by atoms with Gasteiger partial charge in [-0.15, -0.1) is 0 Å². The summed E-state index contributed by atoms with van der Waals surface area (Å²) >= 11 is 0. The summed E-state index contributed by atoms with van der Waals surface area (Å²) in [5, 5.41) is 0. The molecule has 4 nitrogen and oxygen atoms in total. The van der Waals surface area contributed by atoms with E-state index < -0.39 is 0 Å². The molecule has 110 valence electrons. The zero-order valence-corrected chi connectivity index (χ0v) is 12.7. The van der Waals surface area contributed by atoms with Crippen LogP contribution in [0.3, 0.4) is 0 Å². The second kappa shape index (κ2) is 6.88. The molecule has 0 bridgehead atoms. The van der Waals surface area contributed by atoms with Crippen LogP contribution in [-0.2, 0) is 0 Å². The van der Waals surface area contributed by atoms with E-state index in [1.54, 1.807) is 0 Å². The van der Waals surface area contributed by atoms with Crippen LogP contribution in [0.25, 0.3) is 6.08 Å². The minimum Gasteiger partial charge on any atom is -0.473 e. The second-order valence-electron chi connectivity index (χ2n) is 5.18. The van der Waals surface area contributed by atoms with Gasteiger partial charge in [-0.3, -0.25) is 0 Å². The van der Waals surface area contributed by atoms with Crippen LogP contribution in [0.1, 0.15) is 36.7 Å². The second-order valence-corrected chi connectivity index (χ2v) is 5.18. The first-order chi connectivity index (χ1) is 10.1. The molecule has 0 unspecified atom stereocenters. The third kappa shape index (κ3) is 4.05. The van der Waals surface area contributed by atoms with Gasteiger partial charge in [0.15, 0.2) is 0 Å². The van der Waals surface area contributed by atoms with Gasteiger partial charge in [-0.25, -0.2) is 4.98 Å².